The number of carbonyl (C=O) groups excluding carboxylic acids is 1. The normalized spacial score (nSPS) is 10.5. The Bertz CT molecular complexity index is 1860. The van der Waals surface area contributed by atoms with Crippen LogP contribution in [0.25, 0.3) is 27.9 Å². The molecule has 2 aromatic carbocycles. The number of nitrogen functional groups attached to an aromatic ring is 1. The van der Waals surface area contributed by atoms with Crippen LogP contribution in [0.5, 0.6) is 0 Å². The highest BCUT2D eigenvalue weighted by atomic mass is 16.1. The Morgan fingerprint density at radius 2 is 1.85 bits per heavy atom. The highest BCUT2D eigenvalue weighted by molar-refractivity contribution is 6.02. The first kappa shape index (κ1) is 25.1. The second-order valence-electron chi connectivity index (χ2n) is 8.59. The van der Waals surface area contributed by atoms with Crippen LogP contribution in [0.15, 0.2) is 79.6 Å². The molecular formula is C29H25N9O. The maximum atomic E-state index is 11.0. The highest BCUT2D eigenvalue weighted by Crippen LogP contribution is 2.25. The van der Waals surface area contributed by atoms with Crippen molar-refractivity contribution in [3.8, 4) is 23.1 Å². The molecule has 0 saturated heterocycles. The van der Waals surface area contributed by atoms with Gasteiger partial charge in [-0.05, 0) is 18.6 Å². The topological polar surface area (TPSA) is 143 Å². The molecule has 0 bridgehead atoms. The Morgan fingerprint density at radius 1 is 1.03 bits per heavy atom. The molecule has 1 amide bonds. The van der Waals surface area contributed by atoms with Crippen molar-refractivity contribution in [1.82, 2.24) is 34.1 Å². The van der Waals surface area contributed by atoms with Gasteiger partial charge in [0.2, 0.25) is 0 Å². The summed E-state index contributed by atoms with van der Waals surface area (Å²) >= 11 is 0. The summed E-state index contributed by atoms with van der Waals surface area (Å²) in [7, 11) is 1.88. The number of para-hydroxylation sites is 1. The summed E-state index contributed by atoms with van der Waals surface area (Å²) in [5.41, 5.74) is 17.7. The fraction of sp³-hybridized carbons (Fsp3) is 0.103. The van der Waals surface area contributed by atoms with Crippen LogP contribution < -0.4 is 11.5 Å². The molecule has 39 heavy (non-hydrogen) atoms. The molecule has 4 heterocycles. The van der Waals surface area contributed by atoms with E-state index < -0.39 is 5.91 Å². The Morgan fingerprint density at radius 3 is 2.56 bits per heavy atom. The van der Waals surface area contributed by atoms with Gasteiger partial charge in [-0.15, -0.1) is 0 Å². The lowest BCUT2D eigenvalue weighted by Gasteiger charge is -2.09. The largest absolute Gasteiger partial charge is 0.383 e. The molecule has 0 unspecified atom stereocenters. The predicted molar refractivity (Wildman–Crippen MR) is 149 cm³/mol. The molecule has 0 aliphatic rings. The van der Waals surface area contributed by atoms with Gasteiger partial charge in [-0.2, -0.15) is 5.10 Å². The van der Waals surface area contributed by atoms with Gasteiger partial charge in [0.25, 0.3) is 5.91 Å². The lowest BCUT2D eigenvalue weighted by atomic mass is 10.1. The zero-order valence-electron chi connectivity index (χ0n) is 21.4. The van der Waals surface area contributed by atoms with Crippen molar-refractivity contribution in [3.05, 3.63) is 102 Å². The van der Waals surface area contributed by atoms with E-state index in [-0.39, 0.29) is 11.4 Å². The number of carbonyl (C=O) groups is 1. The Balaban J connectivity index is 0.000000198. The van der Waals surface area contributed by atoms with Crippen LogP contribution in [-0.4, -0.2) is 40.0 Å². The third-order valence-corrected chi connectivity index (χ3v) is 5.91. The zero-order chi connectivity index (χ0) is 27.4. The number of anilines is 1. The van der Waals surface area contributed by atoms with Crippen LogP contribution in [0.2, 0.25) is 0 Å². The number of amides is 1. The van der Waals surface area contributed by atoms with Gasteiger partial charge in [0.15, 0.2) is 5.65 Å². The summed E-state index contributed by atoms with van der Waals surface area (Å²) in [6.45, 7) is 2.11. The Kier molecular flexibility index (Phi) is 6.96. The maximum absolute atomic E-state index is 11.0. The van der Waals surface area contributed by atoms with Gasteiger partial charge in [-0.25, -0.2) is 19.9 Å². The van der Waals surface area contributed by atoms with Crippen molar-refractivity contribution in [2.75, 3.05) is 5.73 Å². The fourth-order valence-corrected chi connectivity index (χ4v) is 4.05. The minimum absolute atomic E-state index is 0.103. The van der Waals surface area contributed by atoms with Crippen molar-refractivity contribution in [3.63, 3.8) is 0 Å². The van der Waals surface area contributed by atoms with Crippen LogP contribution in [0.1, 0.15) is 34.1 Å². The molecule has 4 N–H and O–H groups in total. The minimum Gasteiger partial charge on any atom is -0.383 e. The second kappa shape index (κ2) is 10.8. The number of primary amides is 1. The first-order valence-electron chi connectivity index (χ1n) is 12.2. The van der Waals surface area contributed by atoms with Gasteiger partial charge >= 0.3 is 0 Å². The van der Waals surface area contributed by atoms with Crippen molar-refractivity contribution >= 4 is 28.4 Å². The molecule has 0 fully saturated rings. The molecule has 4 aromatic heterocycles. The van der Waals surface area contributed by atoms with Gasteiger partial charge in [0, 0.05) is 31.2 Å². The van der Waals surface area contributed by atoms with E-state index in [1.807, 2.05) is 49.6 Å². The number of aromatic nitrogens is 7. The number of hydrogen-bond donors (Lipinski definition) is 2. The SMILES string of the molecule is CCc1nc2cccc(C#Cc3cnn(C)c3)c2nc1-c1ccccc1.NC(=O)c1c(N)ncn2ccnc12. The number of nitrogens with zero attached hydrogens (tertiary/aromatic N) is 7. The van der Waals surface area contributed by atoms with Gasteiger partial charge in [-0.3, -0.25) is 13.9 Å². The average molecular weight is 516 g/mol. The van der Waals surface area contributed by atoms with E-state index in [9.17, 15) is 4.79 Å². The highest BCUT2D eigenvalue weighted by Gasteiger charge is 2.13. The van der Waals surface area contributed by atoms with Crippen molar-refractivity contribution in [2.24, 2.45) is 12.8 Å². The number of nitrogens with two attached hydrogens (primary N) is 2. The van der Waals surface area contributed by atoms with Crippen LogP contribution in [0, 0.1) is 11.8 Å². The average Bonchev–Trinajstić information content (AvgIpc) is 3.60. The molecule has 0 saturated carbocycles. The summed E-state index contributed by atoms with van der Waals surface area (Å²) in [5, 5.41) is 4.15. The summed E-state index contributed by atoms with van der Waals surface area (Å²) in [4.78, 5) is 28.5. The van der Waals surface area contributed by atoms with Crippen molar-refractivity contribution in [1.29, 1.82) is 0 Å². The van der Waals surface area contributed by atoms with Crippen LogP contribution >= 0.6 is 0 Å². The van der Waals surface area contributed by atoms with Gasteiger partial charge in [0.05, 0.1) is 34.2 Å². The minimum atomic E-state index is -0.623. The number of aryl methyl sites for hydroxylation is 2. The molecule has 6 rings (SSSR count). The molecule has 0 aliphatic carbocycles. The number of hydrogen-bond acceptors (Lipinski definition) is 7. The van der Waals surface area contributed by atoms with E-state index in [1.165, 1.54) is 6.33 Å². The summed E-state index contributed by atoms with van der Waals surface area (Å²) < 4.78 is 3.32. The molecule has 192 valence electrons. The summed E-state index contributed by atoms with van der Waals surface area (Å²) in [6, 6.07) is 16.1. The smallest absolute Gasteiger partial charge is 0.256 e. The number of benzene rings is 2. The van der Waals surface area contributed by atoms with Crippen LogP contribution in [-0.2, 0) is 13.5 Å². The summed E-state index contributed by atoms with van der Waals surface area (Å²) in [5.74, 6) is 5.87. The van der Waals surface area contributed by atoms with Gasteiger partial charge in [0.1, 0.15) is 23.2 Å². The number of fused-ring (bicyclic) bond motifs is 2. The van der Waals surface area contributed by atoms with E-state index in [0.29, 0.717) is 5.65 Å². The fourth-order valence-electron chi connectivity index (χ4n) is 4.05. The van der Waals surface area contributed by atoms with E-state index in [4.69, 9.17) is 21.4 Å². The van der Waals surface area contributed by atoms with E-state index in [1.54, 1.807) is 27.7 Å². The number of rotatable bonds is 3. The van der Waals surface area contributed by atoms with Gasteiger partial charge < -0.3 is 11.5 Å². The maximum Gasteiger partial charge on any atom is 0.256 e. The lowest BCUT2D eigenvalue weighted by Crippen LogP contribution is -2.16. The first-order valence-corrected chi connectivity index (χ1v) is 12.2. The Hall–Kier alpha value is -5.56. The van der Waals surface area contributed by atoms with Gasteiger partial charge in [-0.1, -0.05) is 55.2 Å². The predicted octanol–water partition coefficient (Wildman–Crippen LogP) is 3.40. The number of imidazole rings is 1. The van der Waals surface area contributed by atoms with Crippen molar-refractivity contribution < 1.29 is 4.79 Å². The van der Waals surface area contributed by atoms with Crippen LogP contribution in [0.3, 0.4) is 0 Å². The van der Waals surface area contributed by atoms with Crippen molar-refractivity contribution in [2.45, 2.75) is 13.3 Å². The molecule has 0 atom stereocenters. The lowest BCUT2D eigenvalue weighted by molar-refractivity contribution is 0.100. The van der Waals surface area contributed by atoms with E-state index >= 15 is 0 Å². The molecule has 6 aromatic rings. The molecule has 10 nitrogen and oxygen atoms in total. The molecule has 0 aliphatic heterocycles. The molecule has 0 spiro atoms. The quantitative estimate of drug-likeness (QED) is 0.344. The van der Waals surface area contributed by atoms with Crippen LogP contribution in [0.4, 0.5) is 5.82 Å². The Labute approximate surface area is 224 Å². The standard InChI is InChI=1S/C22H18N4.C7H7N5O/c1-3-19-21(17-8-5-4-6-9-17)25-22-18(10-7-11-20(22)24-19)13-12-16-14-23-26(2)15-16;8-5-4(6(9)13)7-10-1-2-12(7)3-11-5/h4-11,14-15H,3H2,1-2H3;1-3H,8H2,(H2,9,13). The zero-order valence-corrected chi connectivity index (χ0v) is 21.4. The van der Waals surface area contributed by atoms with E-state index in [0.717, 1.165) is 45.5 Å². The molecule has 10 heteroatoms. The third kappa shape index (κ3) is 5.28. The molecule has 0 radical (unpaired) electrons. The first-order chi connectivity index (χ1) is 18.9. The monoisotopic (exact) mass is 515 g/mol. The third-order valence-electron chi connectivity index (χ3n) is 5.91. The molecular weight excluding hydrogens is 490 g/mol. The summed E-state index contributed by atoms with van der Waals surface area (Å²) in [6.07, 6.45) is 9.17. The van der Waals surface area contributed by atoms with E-state index in [2.05, 4.69) is 46.0 Å². The second-order valence-corrected chi connectivity index (χ2v) is 8.59.